The van der Waals surface area contributed by atoms with Crippen molar-refractivity contribution in [3.63, 3.8) is 0 Å². The molecule has 0 radical (unpaired) electrons. The second-order valence-corrected chi connectivity index (χ2v) is 7.52. The molecule has 1 aliphatic heterocycles. The summed E-state index contributed by atoms with van der Waals surface area (Å²) in [5.41, 5.74) is 1.07. The maximum absolute atomic E-state index is 12.5. The number of anilines is 1. The Bertz CT molecular complexity index is 1020. The van der Waals surface area contributed by atoms with Crippen molar-refractivity contribution in [3.05, 3.63) is 68.7 Å². The largest absolute Gasteiger partial charge is 0.454 e. The number of amides is 1. The maximum Gasteiger partial charge on any atom is 0.312 e. The van der Waals surface area contributed by atoms with Crippen molar-refractivity contribution in [2.75, 3.05) is 11.4 Å². The number of ether oxygens (including phenoxy) is 1. The number of ketones is 1. The van der Waals surface area contributed by atoms with Gasteiger partial charge < -0.3 is 9.64 Å². The highest BCUT2D eigenvalue weighted by Gasteiger charge is 2.38. The molecule has 0 spiro atoms. The van der Waals surface area contributed by atoms with Crippen LogP contribution < -0.4 is 4.90 Å². The average molecular weight is 431 g/mol. The van der Waals surface area contributed by atoms with Gasteiger partial charge in [0.05, 0.1) is 16.5 Å². The van der Waals surface area contributed by atoms with Crippen LogP contribution in [0.15, 0.2) is 42.5 Å². The van der Waals surface area contributed by atoms with Crippen molar-refractivity contribution < 1.29 is 24.0 Å². The summed E-state index contributed by atoms with van der Waals surface area (Å²) in [6.45, 7) is 3.10. The van der Waals surface area contributed by atoms with Gasteiger partial charge >= 0.3 is 5.97 Å². The molecule has 1 aliphatic rings. The number of halogens is 1. The van der Waals surface area contributed by atoms with Gasteiger partial charge in [0.25, 0.3) is 5.69 Å². The summed E-state index contributed by atoms with van der Waals surface area (Å²) in [4.78, 5) is 49.3. The van der Waals surface area contributed by atoms with Gasteiger partial charge in [-0.25, -0.2) is 0 Å². The number of rotatable bonds is 6. The first kappa shape index (κ1) is 21.4. The van der Waals surface area contributed by atoms with Crippen molar-refractivity contribution in [2.24, 2.45) is 5.92 Å². The van der Waals surface area contributed by atoms with Gasteiger partial charge in [-0.05, 0) is 44.2 Å². The molecular formula is C21H19ClN2O6. The van der Waals surface area contributed by atoms with Crippen molar-refractivity contribution in [2.45, 2.75) is 26.4 Å². The SMILES string of the molecule is Cc1ccc(N2C[C@H](C(=O)O[C@@H](C)C(=O)c3ccc(Cl)cc3)CC2=O)cc1[N+](=O)[O-]. The van der Waals surface area contributed by atoms with Gasteiger partial charge in [-0.15, -0.1) is 0 Å². The van der Waals surface area contributed by atoms with Crippen LogP contribution in [-0.2, 0) is 14.3 Å². The van der Waals surface area contributed by atoms with Gasteiger partial charge in [0.15, 0.2) is 6.10 Å². The molecule has 1 fully saturated rings. The Morgan fingerprint density at radius 2 is 1.90 bits per heavy atom. The number of hydrogen-bond donors (Lipinski definition) is 0. The molecule has 0 saturated carbocycles. The van der Waals surface area contributed by atoms with Crippen LogP contribution in [0.5, 0.6) is 0 Å². The summed E-state index contributed by atoms with van der Waals surface area (Å²) < 4.78 is 5.29. The lowest BCUT2D eigenvalue weighted by Crippen LogP contribution is -2.30. The third-order valence-electron chi connectivity index (χ3n) is 4.95. The summed E-state index contributed by atoms with van der Waals surface area (Å²) in [6, 6.07) is 10.7. The third kappa shape index (κ3) is 4.49. The van der Waals surface area contributed by atoms with E-state index in [0.29, 0.717) is 21.8 Å². The Hall–Kier alpha value is -3.26. The second-order valence-electron chi connectivity index (χ2n) is 7.08. The van der Waals surface area contributed by atoms with Gasteiger partial charge in [-0.1, -0.05) is 17.7 Å². The molecule has 2 aromatic rings. The molecule has 0 aromatic heterocycles. The Balaban J connectivity index is 1.68. The van der Waals surface area contributed by atoms with Crippen molar-refractivity contribution in [1.29, 1.82) is 0 Å². The molecule has 9 heteroatoms. The average Bonchev–Trinajstić information content (AvgIpc) is 3.10. The van der Waals surface area contributed by atoms with E-state index in [1.807, 2.05) is 0 Å². The first-order valence-electron chi connectivity index (χ1n) is 9.23. The summed E-state index contributed by atoms with van der Waals surface area (Å²) >= 11 is 5.81. The van der Waals surface area contributed by atoms with Crippen molar-refractivity contribution in [3.8, 4) is 0 Å². The zero-order valence-corrected chi connectivity index (χ0v) is 17.1. The standard InChI is InChI=1S/C21H19ClN2O6/c1-12-3-8-17(10-18(12)24(28)29)23-11-15(9-19(23)25)21(27)30-13(2)20(26)14-4-6-16(22)7-5-14/h3-8,10,13,15H,9,11H2,1-2H3/t13-,15+/m0/s1. The number of nitrogens with zero attached hydrogens (tertiary/aromatic N) is 2. The molecule has 3 rings (SSSR count). The Morgan fingerprint density at radius 1 is 1.23 bits per heavy atom. The highest BCUT2D eigenvalue weighted by Crippen LogP contribution is 2.30. The predicted octanol–water partition coefficient (Wildman–Crippen LogP) is 3.72. The van der Waals surface area contributed by atoms with Crippen LogP contribution in [0.2, 0.25) is 5.02 Å². The number of hydrogen-bond acceptors (Lipinski definition) is 6. The molecule has 8 nitrogen and oxygen atoms in total. The lowest BCUT2D eigenvalue weighted by molar-refractivity contribution is -0.385. The van der Waals surface area contributed by atoms with E-state index in [-0.39, 0.29) is 30.3 Å². The highest BCUT2D eigenvalue weighted by molar-refractivity contribution is 6.30. The monoisotopic (exact) mass is 430 g/mol. The Labute approximate surface area is 177 Å². The van der Waals surface area contributed by atoms with E-state index in [4.69, 9.17) is 16.3 Å². The normalized spacial score (nSPS) is 17.0. The van der Waals surface area contributed by atoms with E-state index in [0.717, 1.165) is 0 Å². The predicted molar refractivity (Wildman–Crippen MR) is 110 cm³/mol. The van der Waals surface area contributed by atoms with Crippen LogP contribution in [-0.4, -0.2) is 35.2 Å². The van der Waals surface area contributed by atoms with E-state index in [2.05, 4.69) is 0 Å². The maximum atomic E-state index is 12.5. The first-order chi connectivity index (χ1) is 14.2. The number of carbonyl (C=O) groups excluding carboxylic acids is 3. The summed E-state index contributed by atoms with van der Waals surface area (Å²) in [7, 11) is 0. The number of benzene rings is 2. The molecule has 1 amide bonds. The molecule has 156 valence electrons. The van der Waals surface area contributed by atoms with E-state index in [9.17, 15) is 24.5 Å². The molecule has 1 saturated heterocycles. The van der Waals surface area contributed by atoms with Crippen LogP contribution in [0.4, 0.5) is 11.4 Å². The molecule has 0 aliphatic carbocycles. The number of nitro benzene ring substituents is 1. The van der Waals surface area contributed by atoms with Gasteiger partial charge in [0.2, 0.25) is 11.7 Å². The molecular weight excluding hydrogens is 412 g/mol. The number of nitro groups is 1. The minimum absolute atomic E-state index is 0.0275. The molecule has 1 heterocycles. The van der Waals surface area contributed by atoms with Gasteiger partial charge in [0.1, 0.15) is 0 Å². The minimum atomic E-state index is -1.02. The van der Waals surface area contributed by atoms with Crippen molar-refractivity contribution >= 4 is 40.6 Å². The summed E-state index contributed by atoms with van der Waals surface area (Å²) in [5.74, 6) is -2.15. The molecule has 0 unspecified atom stereocenters. The third-order valence-corrected chi connectivity index (χ3v) is 5.20. The van der Waals surface area contributed by atoms with Crippen LogP contribution in [0.3, 0.4) is 0 Å². The molecule has 2 aromatic carbocycles. The fraction of sp³-hybridized carbons (Fsp3) is 0.286. The highest BCUT2D eigenvalue weighted by atomic mass is 35.5. The van der Waals surface area contributed by atoms with Gasteiger partial charge in [-0.3, -0.25) is 24.5 Å². The summed E-state index contributed by atoms with van der Waals surface area (Å²) in [5, 5.41) is 11.6. The fourth-order valence-corrected chi connectivity index (χ4v) is 3.38. The lowest BCUT2D eigenvalue weighted by Gasteiger charge is -2.18. The lowest BCUT2D eigenvalue weighted by atomic mass is 10.1. The van der Waals surface area contributed by atoms with E-state index in [1.54, 1.807) is 43.3 Å². The second kappa shape index (κ2) is 8.62. The zero-order valence-electron chi connectivity index (χ0n) is 16.3. The topological polar surface area (TPSA) is 107 Å². The van der Waals surface area contributed by atoms with Crippen molar-refractivity contribution in [1.82, 2.24) is 0 Å². The Kier molecular flexibility index (Phi) is 6.17. The minimum Gasteiger partial charge on any atom is -0.454 e. The van der Waals surface area contributed by atoms with Gasteiger partial charge in [-0.2, -0.15) is 0 Å². The number of Topliss-reactive ketones (excluding diaryl/α,β-unsaturated/α-hetero) is 1. The first-order valence-corrected chi connectivity index (χ1v) is 9.61. The number of aryl methyl sites for hydroxylation is 1. The zero-order chi connectivity index (χ0) is 22.0. The van der Waals surface area contributed by atoms with E-state index in [1.165, 1.54) is 17.9 Å². The number of esters is 1. The van der Waals surface area contributed by atoms with E-state index >= 15 is 0 Å². The smallest absolute Gasteiger partial charge is 0.312 e. The summed E-state index contributed by atoms with van der Waals surface area (Å²) in [6.07, 6.45) is -1.12. The molecule has 30 heavy (non-hydrogen) atoms. The fourth-order valence-electron chi connectivity index (χ4n) is 3.25. The number of carbonyl (C=O) groups is 3. The van der Waals surface area contributed by atoms with Crippen LogP contribution in [0.25, 0.3) is 0 Å². The Morgan fingerprint density at radius 3 is 2.53 bits per heavy atom. The van der Waals surface area contributed by atoms with E-state index < -0.39 is 22.9 Å². The van der Waals surface area contributed by atoms with Crippen LogP contribution in [0, 0.1) is 23.0 Å². The molecule has 0 N–H and O–H groups in total. The van der Waals surface area contributed by atoms with Gasteiger partial charge in [0, 0.05) is 35.2 Å². The quantitative estimate of drug-likeness (QED) is 0.299. The van der Waals surface area contributed by atoms with Crippen LogP contribution in [0.1, 0.15) is 29.3 Å². The molecule has 0 bridgehead atoms. The molecule has 2 atom stereocenters. The van der Waals surface area contributed by atoms with Crippen LogP contribution >= 0.6 is 11.6 Å².